The van der Waals surface area contributed by atoms with Crippen molar-refractivity contribution in [2.45, 2.75) is 37.8 Å². The Balaban J connectivity index is 1.42. The van der Waals surface area contributed by atoms with Crippen molar-refractivity contribution in [2.24, 2.45) is 0 Å². The number of imidazole rings is 1. The number of nitrogens with one attached hydrogen (secondary N) is 2. The summed E-state index contributed by atoms with van der Waals surface area (Å²) in [5.41, 5.74) is 1.68. The highest BCUT2D eigenvalue weighted by Crippen LogP contribution is 2.35. The molecule has 4 aromatic rings. The van der Waals surface area contributed by atoms with E-state index < -0.39 is 0 Å². The molecule has 0 spiro atoms. The number of nitrogens with zero attached hydrogens (tertiary/aromatic N) is 7. The maximum atomic E-state index is 12.7. The number of aromatic nitrogens is 8. The maximum absolute atomic E-state index is 12.7. The zero-order valence-corrected chi connectivity index (χ0v) is 16.4. The number of pyridine rings is 1. The minimum Gasteiger partial charge on any atom is -0.480 e. The molecule has 0 saturated heterocycles. The Bertz CT molecular complexity index is 1210. The summed E-state index contributed by atoms with van der Waals surface area (Å²) in [4.78, 5) is 32.7. The minimum atomic E-state index is -0.167. The van der Waals surface area contributed by atoms with Gasteiger partial charge in [-0.05, 0) is 37.8 Å². The zero-order valence-electron chi connectivity index (χ0n) is 16.4. The fourth-order valence-electron chi connectivity index (χ4n) is 4.07. The number of hydrogen-bond acceptors (Lipinski definition) is 8. The number of aromatic amines is 1. The molecule has 11 heteroatoms. The van der Waals surface area contributed by atoms with Crippen molar-refractivity contribution in [3.05, 3.63) is 47.7 Å². The van der Waals surface area contributed by atoms with E-state index in [4.69, 9.17) is 4.74 Å². The Morgan fingerprint density at radius 2 is 2.03 bits per heavy atom. The first-order valence-electron chi connectivity index (χ1n) is 9.80. The van der Waals surface area contributed by atoms with Crippen LogP contribution < -0.4 is 15.7 Å². The van der Waals surface area contributed by atoms with E-state index in [1.54, 1.807) is 42.8 Å². The summed E-state index contributed by atoms with van der Waals surface area (Å²) >= 11 is 0. The van der Waals surface area contributed by atoms with Crippen molar-refractivity contribution in [1.82, 2.24) is 39.3 Å². The fraction of sp³-hybridized carbons (Fsp3) is 0.368. The lowest BCUT2D eigenvalue weighted by molar-refractivity contribution is 0.260. The first-order valence-corrected chi connectivity index (χ1v) is 9.80. The number of fused-ring (bicyclic) bond motifs is 1. The topological polar surface area (TPSA) is 128 Å². The van der Waals surface area contributed by atoms with Gasteiger partial charge in [-0.2, -0.15) is 10.1 Å². The van der Waals surface area contributed by atoms with Gasteiger partial charge < -0.3 is 15.0 Å². The molecule has 1 fully saturated rings. The molecule has 1 aliphatic carbocycles. The summed E-state index contributed by atoms with van der Waals surface area (Å²) in [6.45, 7) is 0. The van der Waals surface area contributed by atoms with Crippen LogP contribution in [0.3, 0.4) is 0 Å². The maximum Gasteiger partial charge on any atom is 0.327 e. The molecule has 0 atom stereocenters. The molecule has 11 nitrogen and oxygen atoms in total. The Kier molecular flexibility index (Phi) is 4.62. The molecule has 0 bridgehead atoms. The summed E-state index contributed by atoms with van der Waals surface area (Å²) in [6.07, 6.45) is 10.1. The molecule has 4 aromatic heterocycles. The standard InChI is InChI=1S/C19H21N9O2/c1-30-17-14(3-2-8-21-17)24-18-22-9-15-16(26-18)28(19(29)25-15)13-6-4-12(5-7-13)27-11-20-10-23-27/h2-3,8-13H,4-7H2,1H3,(H,25,29)(H,22,24,26). The third-order valence-corrected chi connectivity index (χ3v) is 5.51. The number of ether oxygens (including phenoxy) is 1. The van der Waals surface area contributed by atoms with Crippen LogP contribution in [-0.4, -0.2) is 46.4 Å². The van der Waals surface area contributed by atoms with Crippen molar-refractivity contribution in [3.8, 4) is 5.88 Å². The first kappa shape index (κ1) is 18.3. The molecule has 0 amide bonds. The second kappa shape index (κ2) is 7.58. The molecular weight excluding hydrogens is 386 g/mol. The Morgan fingerprint density at radius 3 is 2.80 bits per heavy atom. The molecule has 4 heterocycles. The van der Waals surface area contributed by atoms with Gasteiger partial charge in [0.1, 0.15) is 23.9 Å². The van der Waals surface area contributed by atoms with Crippen LogP contribution in [-0.2, 0) is 0 Å². The van der Waals surface area contributed by atoms with E-state index in [1.807, 2.05) is 10.7 Å². The number of hydrogen-bond donors (Lipinski definition) is 2. The van der Waals surface area contributed by atoms with E-state index in [0.29, 0.717) is 34.7 Å². The van der Waals surface area contributed by atoms with Crippen molar-refractivity contribution in [1.29, 1.82) is 0 Å². The highest BCUT2D eigenvalue weighted by molar-refractivity contribution is 5.72. The highest BCUT2D eigenvalue weighted by Gasteiger charge is 2.27. The van der Waals surface area contributed by atoms with Crippen LogP contribution in [0.25, 0.3) is 11.2 Å². The molecule has 0 aromatic carbocycles. The van der Waals surface area contributed by atoms with Gasteiger partial charge >= 0.3 is 5.69 Å². The highest BCUT2D eigenvalue weighted by atomic mass is 16.5. The van der Waals surface area contributed by atoms with E-state index in [9.17, 15) is 4.79 Å². The largest absolute Gasteiger partial charge is 0.480 e. The number of H-pyrrole nitrogens is 1. The van der Waals surface area contributed by atoms with Crippen molar-refractivity contribution in [3.63, 3.8) is 0 Å². The van der Waals surface area contributed by atoms with Crippen molar-refractivity contribution < 1.29 is 4.74 Å². The van der Waals surface area contributed by atoms with Crippen LogP contribution in [0.1, 0.15) is 37.8 Å². The number of methoxy groups -OCH3 is 1. The van der Waals surface area contributed by atoms with Gasteiger partial charge in [-0.15, -0.1) is 0 Å². The molecule has 30 heavy (non-hydrogen) atoms. The predicted octanol–water partition coefficient (Wildman–Crippen LogP) is 2.21. The molecule has 5 rings (SSSR count). The molecular formula is C19H21N9O2. The van der Waals surface area contributed by atoms with E-state index >= 15 is 0 Å². The fourth-order valence-corrected chi connectivity index (χ4v) is 4.07. The molecule has 1 saturated carbocycles. The van der Waals surface area contributed by atoms with Gasteiger partial charge in [0.25, 0.3) is 0 Å². The molecule has 0 radical (unpaired) electrons. The van der Waals surface area contributed by atoms with E-state index in [1.165, 1.54) is 0 Å². The molecule has 0 aliphatic heterocycles. The van der Waals surface area contributed by atoms with Crippen molar-refractivity contribution in [2.75, 3.05) is 12.4 Å². The quantitative estimate of drug-likeness (QED) is 0.515. The van der Waals surface area contributed by atoms with Gasteiger partial charge in [0, 0.05) is 12.2 Å². The van der Waals surface area contributed by atoms with E-state index in [0.717, 1.165) is 25.7 Å². The lowest BCUT2D eigenvalue weighted by Gasteiger charge is -2.28. The van der Waals surface area contributed by atoms with E-state index in [2.05, 4.69) is 35.3 Å². The summed E-state index contributed by atoms with van der Waals surface area (Å²) in [5.74, 6) is 0.817. The molecule has 154 valence electrons. The lowest BCUT2D eigenvalue weighted by Crippen LogP contribution is -2.27. The number of rotatable bonds is 5. The first-order chi connectivity index (χ1) is 14.7. The second-order valence-corrected chi connectivity index (χ2v) is 7.25. The van der Waals surface area contributed by atoms with Gasteiger partial charge in [-0.25, -0.2) is 24.4 Å². The third-order valence-electron chi connectivity index (χ3n) is 5.51. The van der Waals surface area contributed by atoms with Crippen LogP contribution in [0.2, 0.25) is 0 Å². The van der Waals surface area contributed by atoms with Crippen LogP contribution in [0.5, 0.6) is 5.88 Å². The monoisotopic (exact) mass is 407 g/mol. The Morgan fingerprint density at radius 1 is 1.20 bits per heavy atom. The van der Waals surface area contributed by atoms with E-state index in [-0.39, 0.29) is 11.7 Å². The third kappa shape index (κ3) is 3.27. The van der Waals surface area contributed by atoms with Gasteiger partial charge in [-0.1, -0.05) is 0 Å². The summed E-state index contributed by atoms with van der Waals surface area (Å²) in [7, 11) is 1.55. The predicted molar refractivity (Wildman–Crippen MR) is 109 cm³/mol. The molecule has 1 aliphatic rings. The summed E-state index contributed by atoms with van der Waals surface area (Å²) < 4.78 is 8.92. The zero-order chi connectivity index (χ0) is 20.5. The SMILES string of the molecule is COc1ncccc1Nc1ncc2[nH]c(=O)n(C3CCC(n4cncn4)CC3)c2n1. The Hall–Kier alpha value is -3.76. The molecule has 0 unspecified atom stereocenters. The van der Waals surface area contributed by atoms with Crippen LogP contribution >= 0.6 is 0 Å². The van der Waals surface area contributed by atoms with Gasteiger partial charge in [0.05, 0.1) is 19.3 Å². The lowest BCUT2D eigenvalue weighted by atomic mass is 9.91. The van der Waals surface area contributed by atoms with Crippen LogP contribution in [0.4, 0.5) is 11.6 Å². The summed E-state index contributed by atoms with van der Waals surface area (Å²) in [6, 6.07) is 4.01. The average molecular weight is 407 g/mol. The van der Waals surface area contributed by atoms with Crippen LogP contribution in [0, 0.1) is 0 Å². The van der Waals surface area contributed by atoms with Crippen molar-refractivity contribution >= 4 is 22.8 Å². The van der Waals surface area contributed by atoms with Gasteiger partial charge in [-0.3, -0.25) is 4.57 Å². The molecule has 2 N–H and O–H groups in total. The second-order valence-electron chi connectivity index (χ2n) is 7.25. The van der Waals surface area contributed by atoms with Crippen LogP contribution in [0.15, 0.2) is 42.0 Å². The Labute approximate surface area is 171 Å². The average Bonchev–Trinajstić information content (AvgIpc) is 3.42. The minimum absolute atomic E-state index is 0.0710. The normalized spacial score (nSPS) is 19.1. The number of anilines is 2. The smallest absolute Gasteiger partial charge is 0.327 e. The van der Waals surface area contributed by atoms with Gasteiger partial charge in [0.15, 0.2) is 5.65 Å². The van der Waals surface area contributed by atoms with Gasteiger partial charge in [0.2, 0.25) is 11.8 Å². The summed E-state index contributed by atoms with van der Waals surface area (Å²) in [5, 5.41) is 7.37.